The van der Waals surface area contributed by atoms with Gasteiger partial charge < -0.3 is 0 Å². The van der Waals surface area contributed by atoms with Gasteiger partial charge in [-0.1, -0.05) is 24.3 Å². The van der Waals surface area contributed by atoms with Crippen LogP contribution in [0.25, 0.3) is 11.1 Å². The third-order valence-corrected chi connectivity index (χ3v) is 2.11. The average molecular weight is 142 g/mol. The minimum Gasteiger partial charge on any atom is -0.113 e. The van der Waals surface area contributed by atoms with Gasteiger partial charge >= 0.3 is 0 Å². The van der Waals surface area contributed by atoms with Crippen molar-refractivity contribution in [3.8, 4) is 0 Å². The fraction of sp³-hybridized carbons (Fsp3) is 0.182. The number of hydrogen-bond acceptors (Lipinski definition) is 0. The molecule has 0 heterocycles. The zero-order chi connectivity index (χ0) is 7.84. The van der Waals surface area contributed by atoms with E-state index in [9.17, 15) is 0 Å². The van der Waals surface area contributed by atoms with Crippen LogP contribution in [0.3, 0.4) is 0 Å². The normalized spacial score (nSPS) is 14.0. The standard InChI is InChI=1S/C11H10/c1-8-7-9(2)11-6-4-3-5-10(8)11/h3-6H,1-2H3. The van der Waals surface area contributed by atoms with Gasteiger partial charge in [0.2, 0.25) is 0 Å². The van der Waals surface area contributed by atoms with Crippen LogP contribution in [0.1, 0.15) is 25.0 Å². The van der Waals surface area contributed by atoms with Gasteiger partial charge in [0.05, 0.1) is 0 Å². The summed E-state index contributed by atoms with van der Waals surface area (Å²) in [4.78, 5) is 0. The van der Waals surface area contributed by atoms with Crippen molar-refractivity contribution < 1.29 is 0 Å². The summed E-state index contributed by atoms with van der Waals surface area (Å²) in [6.45, 7) is 4.21. The molecule has 2 rings (SSSR count). The third-order valence-electron chi connectivity index (χ3n) is 2.11. The lowest BCUT2D eigenvalue weighted by Gasteiger charge is -1.99. The van der Waals surface area contributed by atoms with Crippen molar-refractivity contribution >= 4 is 11.1 Å². The van der Waals surface area contributed by atoms with Crippen LogP contribution < -0.4 is 0 Å². The number of allylic oxidation sites excluding steroid dienone is 1. The number of fused-ring (bicyclic) bond motifs is 1. The second kappa shape index (κ2) is 2.11. The van der Waals surface area contributed by atoms with E-state index in [-0.39, 0.29) is 0 Å². The van der Waals surface area contributed by atoms with E-state index in [0.29, 0.717) is 0 Å². The first-order valence-corrected chi connectivity index (χ1v) is 3.83. The maximum absolute atomic E-state index is 3.32. The molecule has 0 atom stereocenters. The molecule has 0 spiro atoms. The molecule has 0 bridgehead atoms. The molecule has 0 heteroatoms. The van der Waals surface area contributed by atoms with Crippen LogP contribution in [0, 0.1) is 0 Å². The fourth-order valence-electron chi connectivity index (χ4n) is 1.55. The van der Waals surface area contributed by atoms with E-state index in [0.717, 1.165) is 0 Å². The van der Waals surface area contributed by atoms with Crippen LogP contribution in [0.4, 0.5) is 0 Å². The lowest BCUT2D eigenvalue weighted by molar-refractivity contribution is 1.54. The Bertz CT molecular complexity index is 330. The zero-order valence-electron chi connectivity index (χ0n) is 6.81. The highest BCUT2D eigenvalue weighted by Crippen LogP contribution is 2.29. The zero-order valence-corrected chi connectivity index (χ0v) is 6.81. The Hall–Kier alpha value is -1.26. The summed E-state index contributed by atoms with van der Waals surface area (Å²) in [5, 5.41) is 0. The lowest BCUT2D eigenvalue weighted by Crippen LogP contribution is -1.80. The molecule has 0 nitrogen and oxygen atoms in total. The minimum atomic E-state index is 1.26. The van der Waals surface area contributed by atoms with Crippen molar-refractivity contribution in [1.82, 2.24) is 0 Å². The molecule has 0 radical (unpaired) electrons. The van der Waals surface area contributed by atoms with Crippen molar-refractivity contribution in [2.45, 2.75) is 13.8 Å². The summed E-state index contributed by atoms with van der Waals surface area (Å²) in [5.74, 6) is 0. The minimum absolute atomic E-state index is 1.26. The molecule has 0 amide bonds. The van der Waals surface area contributed by atoms with Crippen molar-refractivity contribution in [1.29, 1.82) is 0 Å². The highest BCUT2D eigenvalue weighted by atomic mass is 14.1. The maximum Gasteiger partial charge on any atom is -0.000965 e. The van der Waals surface area contributed by atoms with E-state index in [2.05, 4.69) is 43.8 Å². The molecular formula is C11H10. The van der Waals surface area contributed by atoms with Gasteiger partial charge in [-0.05, 0) is 36.1 Å². The van der Waals surface area contributed by atoms with Crippen molar-refractivity contribution in [2.24, 2.45) is 0 Å². The van der Waals surface area contributed by atoms with Crippen LogP contribution in [0.5, 0.6) is 0 Å². The Morgan fingerprint density at radius 3 is 1.82 bits per heavy atom. The first-order chi connectivity index (χ1) is 5.29. The molecule has 1 aliphatic carbocycles. The molecular weight excluding hydrogens is 132 g/mol. The predicted octanol–water partition coefficient (Wildman–Crippen LogP) is 3.11. The molecule has 1 aromatic carbocycles. The van der Waals surface area contributed by atoms with Crippen LogP contribution in [0.2, 0.25) is 0 Å². The van der Waals surface area contributed by atoms with Gasteiger partial charge in [-0.25, -0.2) is 0 Å². The fourth-order valence-corrected chi connectivity index (χ4v) is 1.55. The van der Waals surface area contributed by atoms with E-state index >= 15 is 0 Å². The van der Waals surface area contributed by atoms with Crippen molar-refractivity contribution in [2.75, 3.05) is 0 Å². The number of hydrogen-bond donors (Lipinski definition) is 0. The van der Waals surface area contributed by atoms with Crippen LogP contribution in [0.15, 0.2) is 30.0 Å². The average Bonchev–Trinajstić information content (AvgIpc) is 2.30. The number of rotatable bonds is 0. The van der Waals surface area contributed by atoms with E-state index in [1.54, 1.807) is 0 Å². The first-order valence-electron chi connectivity index (χ1n) is 3.83. The Morgan fingerprint density at radius 2 is 1.36 bits per heavy atom. The monoisotopic (exact) mass is 142 g/mol. The van der Waals surface area contributed by atoms with Gasteiger partial charge in [0.15, 0.2) is 0 Å². The van der Waals surface area contributed by atoms with Gasteiger partial charge in [0.25, 0.3) is 0 Å². The molecule has 11 heavy (non-hydrogen) atoms. The Labute approximate surface area is 66.9 Å². The Kier molecular flexibility index (Phi) is 1.24. The van der Waals surface area contributed by atoms with Gasteiger partial charge in [-0.15, -0.1) is 5.73 Å². The van der Waals surface area contributed by atoms with E-state index < -0.39 is 0 Å². The van der Waals surface area contributed by atoms with Crippen LogP contribution in [-0.4, -0.2) is 0 Å². The summed E-state index contributed by atoms with van der Waals surface area (Å²) in [5.41, 5.74) is 8.52. The van der Waals surface area contributed by atoms with Crippen molar-refractivity contribution in [3.63, 3.8) is 0 Å². The molecule has 1 aromatic rings. The number of benzene rings is 1. The molecule has 54 valence electrons. The molecule has 0 aliphatic heterocycles. The van der Waals surface area contributed by atoms with E-state index in [1.807, 2.05) is 0 Å². The highest BCUT2D eigenvalue weighted by molar-refractivity contribution is 5.86. The van der Waals surface area contributed by atoms with Gasteiger partial charge in [-0.2, -0.15) is 0 Å². The van der Waals surface area contributed by atoms with Crippen LogP contribution >= 0.6 is 0 Å². The van der Waals surface area contributed by atoms with Crippen LogP contribution in [-0.2, 0) is 0 Å². The predicted molar refractivity (Wildman–Crippen MR) is 48.1 cm³/mol. The SMILES string of the molecule is CC1=C=C(C)c2ccccc21. The molecule has 0 saturated carbocycles. The second-order valence-corrected chi connectivity index (χ2v) is 2.92. The maximum atomic E-state index is 3.32. The summed E-state index contributed by atoms with van der Waals surface area (Å²) >= 11 is 0. The molecule has 1 aliphatic rings. The smallest absolute Gasteiger partial charge is 0.000965 e. The van der Waals surface area contributed by atoms with E-state index in [1.165, 1.54) is 22.3 Å². The summed E-state index contributed by atoms with van der Waals surface area (Å²) in [7, 11) is 0. The highest BCUT2D eigenvalue weighted by Gasteiger charge is 2.09. The molecule has 0 saturated heterocycles. The van der Waals surface area contributed by atoms with Gasteiger partial charge in [0.1, 0.15) is 0 Å². The second-order valence-electron chi connectivity index (χ2n) is 2.92. The Balaban J connectivity index is 2.73. The summed E-state index contributed by atoms with van der Waals surface area (Å²) in [6.07, 6.45) is 0. The topological polar surface area (TPSA) is 0 Å². The molecule has 0 N–H and O–H groups in total. The summed E-state index contributed by atoms with van der Waals surface area (Å²) in [6, 6.07) is 8.44. The molecule has 0 fully saturated rings. The van der Waals surface area contributed by atoms with Gasteiger partial charge in [-0.3, -0.25) is 0 Å². The first kappa shape index (κ1) is 6.45. The van der Waals surface area contributed by atoms with Crippen molar-refractivity contribution in [3.05, 3.63) is 41.1 Å². The lowest BCUT2D eigenvalue weighted by atomic mass is 10.0. The Morgan fingerprint density at radius 1 is 0.909 bits per heavy atom. The summed E-state index contributed by atoms with van der Waals surface area (Å²) < 4.78 is 0. The van der Waals surface area contributed by atoms with Gasteiger partial charge in [0, 0.05) is 0 Å². The van der Waals surface area contributed by atoms with E-state index in [4.69, 9.17) is 0 Å². The third kappa shape index (κ3) is 0.840. The largest absolute Gasteiger partial charge is 0.113 e. The molecule has 0 unspecified atom stereocenters. The molecule has 0 aromatic heterocycles. The quantitative estimate of drug-likeness (QED) is 0.488.